The lowest BCUT2D eigenvalue weighted by atomic mass is 10.1. The molecule has 0 aliphatic carbocycles. The Kier molecular flexibility index (Phi) is 3.92. The summed E-state index contributed by atoms with van der Waals surface area (Å²) in [7, 11) is 0. The number of nitrogens with zero attached hydrogens (tertiary/aromatic N) is 1. The molecule has 3 nitrogen and oxygen atoms in total. The maximum Gasteiger partial charge on any atom is 0.416 e. The van der Waals surface area contributed by atoms with E-state index in [1.807, 2.05) is 0 Å². The smallest absolute Gasteiger partial charge is 0.356 e. The van der Waals surface area contributed by atoms with Gasteiger partial charge in [-0.05, 0) is 24.1 Å². The Morgan fingerprint density at radius 2 is 2.11 bits per heavy atom. The first-order chi connectivity index (χ1) is 8.97. The standard InChI is InChI=1S/C12H13F4N3/c13-9-3-2-8(10(6-9)12(14,15)16)7-19-11-17-4-1-5-18-11/h2-3,6H,1,4-5,7H2,(H2,17,18,19). The number of benzene rings is 1. The van der Waals surface area contributed by atoms with Crippen LogP contribution in [0.4, 0.5) is 17.6 Å². The molecule has 1 aliphatic rings. The molecular weight excluding hydrogens is 262 g/mol. The van der Waals surface area contributed by atoms with Crippen LogP contribution in [0.3, 0.4) is 0 Å². The molecule has 0 radical (unpaired) electrons. The zero-order valence-electron chi connectivity index (χ0n) is 10.0. The summed E-state index contributed by atoms with van der Waals surface area (Å²) >= 11 is 0. The van der Waals surface area contributed by atoms with Gasteiger partial charge in [-0.2, -0.15) is 13.2 Å². The number of aliphatic imine (C=N–C) groups is 1. The summed E-state index contributed by atoms with van der Waals surface area (Å²) in [6.45, 7) is 1.33. The third-order valence-electron chi connectivity index (χ3n) is 2.72. The first kappa shape index (κ1) is 13.6. The number of alkyl halides is 3. The first-order valence-corrected chi connectivity index (χ1v) is 5.84. The van der Waals surface area contributed by atoms with Gasteiger partial charge in [0.1, 0.15) is 5.82 Å². The van der Waals surface area contributed by atoms with Gasteiger partial charge in [0.2, 0.25) is 0 Å². The van der Waals surface area contributed by atoms with Gasteiger partial charge >= 0.3 is 6.18 Å². The van der Waals surface area contributed by atoms with Crippen molar-refractivity contribution in [1.82, 2.24) is 10.6 Å². The van der Waals surface area contributed by atoms with Crippen LogP contribution in [-0.4, -0.2) is 19.0 Å². The molecule has 0 aromatic heterocycles. The van der Waals surface area contributed by atoms with Gasteiger partial charge in [0.25, 0.3) is 0 Å². The van der Waals surface area contributed by atoms with E-state index in [4.69, 9.17) is 0 Å². The van der Waals surface area contributed by atoms with Crippen molar-refractivity contribution in [3.8, 4) is 0 Å². The second-order valence-corrected chi connectivity index (χ2v) is 4.16. The van der Waals surface area contributed by atoms with Gasteiger partial charge in [-0.1, -0.05) is 6.07 Å². The second kappa shape index (κ2) is 5.46. The first-order valence-electron chi connectivity index (χ1n) is 5.84. The highest BCUT2D eigenvalue weighted by Gasteiger charge is 2.33. The molecule has 0 atom stereocenters. The second-order valence-electron chi connectivity index (χ2n) is 4.16. The number of rotatable bonds is 2. The Hall–Kier alpha value is -1.79. The maximum absolute atomic E-state index is 12.9. The fraction of sp³-hybridized carbons (Fsp3) is 0.417. The molecular formula is C12H13F4N3. The predicted molar refractivity (Wildman–Crippen MR) is 63.2 cm³/mol. The van der Waals surface area contributed by atoms with Gasteiger partial charge in [-0.25, -0.2) is 4.39 Å². The van der Waals surface area contributed by atoms with Crippen molar-refractivity contribution < 1.29 is 17.6 Å². The number of nitrogens with one attached hydrogen (secondary N) is 2. The van der Waals surface area contributed by atoms with Crippen molar-refractivity contribution in [2.24, 2.45) is 4.99 Å². The third kappa shape index (κ3) is 3.59. The van der Waals surface area contributed by atoms with Crippen molar-refractivity contribution in [3.63, 3.8) is 0 Å². The van der Waals surface area contributed by atoms with Crippen LogP contribution in [0.25, 0.3) is 0 Å². The fourth-order valence-electron chi connectivity index (χ4n) is 1.80. The summed E-state index contributed by atoms with van der Waals surface area (Å²) in [5.41, 5.74) is -0.972. The average Bonchev–Trinajstić information content (AvgIpc) is 2.37. The van der Waals surface area contributed by atoms with E-state index >= 15 is 0 Å². The van der Waals surface area contributed by atoms with Gasteiger partial charge in [-0.3, -0.25) is 4.99 Å². The fourth-order valence-corrected chi connectivity index (χ4v) is 1.80. The minimum absolute atomic E-state index is 0.0102. The van der Waals surface area contributed by atoms with Crippen molar-refractivity contribution in [2.75, 3.05) is 13.1 Å². The average molecular weight is 275 g/mol. The molecule has 0 amide bonds. The van der Waals surface area contributed by atoms with Crippen LogP contribution < -0.4 is 10.6 Å². The van der Waals surface area contributed by atoms with E-state index in [2.05, 4.69) is 15.6 Å². The summed E-state index contributed by atoms with van der Waals surface area (Å²) in [6, 6.07) is 2.66. The van der Waals surface area contributed by atoms with Crippen LogP contribution in [-0.2, 0) is 12.7 Å². The Morgan fingerprint density at radius 1 is 1.32 bits per heavy atom. The normalized spacial score (nSPS) is 15.7. The highest BCUT2D eigenvalue weighted by Crippen LogP contribution is 2.32. The largest absolute Gasteiger partial charge is 0.416 e. The van der Waals surface area contributed by atoms with Gasteiger partial charge in [0.15, 0.2) is 5.96 Å². The lowest BCUT2D eigenvalue weighted by molar-refractivity contribution is -0.138. The molecule has 1 heterocycles. The highest BCUT2D eigenvalue weighted by atomic mass is 19.4. The van der Waals surface area contributed by atoms with Crippen LogP contribution in [0, 0.1) is 5.82 Å². The van der Waals surface area contributed by atoms with Gasteiger partial charge < -0.3 is 10.6 Å². The molecule has 2 N–H and O–H groups in total. The topological polar surface area (TPSA) is 36.4 Å². The summed E-state index contributed by atoms with van der Waals surface area (Å²) < 4.78 is 51.2. The molecule has 0 bridgehead atoms. The number of guanidine groups is 1. The van der Waals surface area contributed by atoms with E-state index in [0.717, 1.165) is 25.1 Å². The number of hydrogen-bond donors (Lipinski definition) is 2. The zero-order chi connectivity index (χ0) is 13.9. The molecule has 104 valence electrons. The summed E-state index contributed by atoms with van der Waals surface area (Å²) in [5.74, 6) is -0.423. The molecule has 1 aromatic rings. The van der Waals surface area contributed by atoms with E-state index in [1.165, 1.54) is 0 Å². The van der Waals surface area contributed by atoms with E-state index in [-0.39, 0.29) is 12.1 Å². The van der Waals surface area contributed by atoms with Crippen LogP contribution in [0.15, 0.2) is 23.2 Å². The quantitative estimate of drug-likeness (QED) is 0.812. The van der Waals surface area contributed by atoms with E-state index in [1.54, 1.807) is 0 Å². The van der Waals surface area contributed by atoms with E-state index in [9.17, 15) is 17.6 Å². The molecule has 2 rings (SSSR count). The van der Waals surface area contributed by atoms with Crippen LogP contribution in [0.2, 0.25) is 0 Å². The zero-order valence-corrected chi connectivity index (χ0v) is 10.0. The highest BCUT2D eigenvalue weighted by molar-refractivity contribution is 5.80. The van der Waals surface area contributed by atoms with Crippen molar-refractivity contribution in [3.05, 3.63) is 35.1 Å². The lowest BCUT2D eigenvalue weighted by Gasteiger charge is -2.18. The van der Waals surface area contributed by atoms with Crippen LogP contribution in [0.1, 0.15) is 17.5 Å². The molecule has 1 aromatic carbocycles. The Morgan fingerprint density at radius 3 is 2.74 bits per heavy atom. The molecule has 19 heavy (non-hydrogen) atoms. The molecule has 0 fully saturated rings. The Labute approximate surface area is 107 Å². The molecule has 0 saturated heterocycles. The van der Waals surface area contributed by atoms with Crippen molar-refractivity contribution >= 4 is 5.96 Å². The van der Waals surface area contributed by atoms with Gasteiger partial charge in [0, 0.05) is 19.6 Å². The summed E-state index contributed by atoms with van der Waals surface area (Å²) in [4.78, 5) is 4.09. The number of halogens is 4. The van der Waals surface area contributed by atoms with Gasteiger partial charge in [0.05, 0.1) is 5.56 Å². The summed E-state index contributed by atoms with van der Waals surface area (Å²) in [6.07, 6.45) is -3.67. The van der Waals surface area contributed by atoms with E-state index < -0.39 is 17.6 Å². The molecule has 7 heteroatoms. The molecule has 0 unspecified atom stereocenters. The Bertz CT molecular complexity index is 482. The minimum Gasteiger partial charge on any atom is -0.356 e. The van der Waals surface area contributed by atoms with Crippen molar-refractivity contribution in [2.45, 2.75) is 19.1 Å². The SMILES string of the molecule is Fc1ccc(CNC2=NCCCN2)c(C(F)(F)F)c1. The minimum atomic E-state index is -4.57. The molecule has 0 spiro atoms. The maximum atomic E-state index is 12.9. The summed E-state index contributed by atoms with van der Waals surface area (Å²) in [5, 5.41) is 5.73. The predicted octanol–water partition coefficient (Wildman–Crippen LogP) is 2.28. The number of hydrogen-bond acceptors (Lipinski definition) is 3. The van der Waals surface area contributed by atoms with E-state index in [0.29, 0.717) is 18.6 Å². The lowest BCUT2D eigenvalue weighted by Crippen LogP contribution is -2.40. The van der Waals surface area contributed by atoms with Crippen molar-refractivity contribution in [1.29, 1.82) is 0 Å². The van der Waals surface area contributed by atoms with Crippen LogP contribution in [0.5, 0.6) is 0 Å². The third-order valence-corrected chi connectivity index (χ3v) is 2.72. The molecule has 1 aliphatic heterocycles. The molecule has 0 saturated carbocycles. The van der Waals surface area contributed by atoms with Gasteiger partial charge in [-0.15, -0.1) is 0 Å². The monoisotopic (exact) mass is 275 g/mol. The Balaban J connectivity index is 2.13. The van der Waals surface area contributed by atoms with Crippen LogP contribution >= 0.6 is 0 Å².